The van der Waals surface area contributed by atoms with Crippen molar-refractivity contribution in [2.24, 2.45) is 0 Å². The molecule has 2 fully saturated rings. The monoisotopic (exact) mass is 370 g/mol. The molecule has 7 nitrogen and oxygen atoms in total. The Bertz CT molecular complexity index is 698. The number of thioether (sulfide) groups is 1. The number of carbonyl (C=O) groups is 2. The number of halogens is 1. The van der Waals surface area contributed by atoms with Crippen LogP contribution in [0.2, 0.25) is 0 Å². The van der Waals surface area contributed by atoms with E-state index in [0.717, 1.165) is 0 Å². The number of nitro groups is 1. The van der Waals surface area contributed by atoms with Crippen LogP contribution in [0.15, 0.2) is 24.3 Å². The number of alkyl halides is 1. The summed E-state index contributed by atoms with van der Waals surface area (Å²) in [5.41, 5.74) is 0.611. The second-order valence-electron chi connectivity index (χ2n) is 5.96. The van der Waals surface area contributed by atoms with E-state index in [1.165, 1.54) is 36.0 Å². The first-order valence-corrected chi connectivity index (χ1v) is 8.72. The Balaban J connectivity index is 1.67. The second kappa shape index (κ2) is 6.25. The van der Waals surface area contributed by atoms with Crippen LogP contribution in [0.5, 0.6) is 0 Å². The molecule has 0 radical (unpaired) electrons. The van der Waals surface area contributed by atoms with Crippen molar-refractivity contribution < 1.29 is 19.2 Å². The predicted octanol–water partition coefficient (Wildman–Crippen LogP) is 2.31. The fourth-order valence-electron chi connectivity index (χ4n) is 2.89. The molecule has 3 rings (SSSR count). The van der Waals surface area contributed by atoms with Gasteiger partial charge in [0.15, 0.2) is 0 Å². The summed E-state index contributed by atoms with van der Waals surface area (Å²) in [6.07, 6.45) is 0.420. The van der Waals surface area contributed by atoms with Gasteiger partial charge in [-0.25, -0.2) is 4.79 Å². The van der Waals surface area contributed by atoms with Crippen LogP contribution >= 0.6 is 23.4 Å². The number of fused-ring (bicyclic) bond motifs is 1. The number of β-lactam (4-membered cyclic amide) rings is 1. The molecular formula is C15H15ClN2O5S. The number of amides is 1. The Morgan fingerprint density at radius 2 is 2.17 bits per heavy atom. The standard InChI is InChI=1S/C15H15ClN2O5S/c1-15(8-16)13(17-11(19)6-12(17)24-15)14(20)23-7-9-2-4-10(5-3-9)18(21)22/h2-5,12-13H,6-8H2,1H3/t12-,13-,15+/m0/s1. The van der Waals surface area contributed by atoms with Gasteiger partial charge in [0.2, 0.25) is 5.91 Å². The van der Waals surface area contributed by atoms with Crippen LogP contribution in [0.1, 0.15) is 18.9 Å². The topological polar surface area (TPSA) is 89.8 Å². The zero-order valence-electron chi connectivity index (χ0n) is 12.8. The van der Waals surface area contributed by atoms with Crippen molar-refractivity contribution in [2.75, 3.05) is 5.88 Å². The van der Waals surface area contributed by atoms with Gasteiger partial charge >= 0.3 is 5.97 Å². The van der Waals surface area contributed by atoms with E-state index in [0.29, 0.717) is 12.0 Å². The van der Waals surface area contributed by atoms with E-state index in [-0.39, 0.29) is 29.5 Å². The summed E-state index contributed by atoms with van der Waals surface area (Å²) in [5, 5.41) is 10.6. The van der Waals surface area contributed by atoms with E-state index in [4.69, 9.17) is 16.3 Å². The van der Waals surface area contributed by atoms with Gasteiger partial charge in [0.25, 0.3) is 5.69 Å². The van der Waals surface area contributed by atoms with E-state index >= 15 is 0 Å². The number of esters is 1. The van der Waals surface area contributed by atoms with Gasteiger partial charge in [-0.3, -0.25) is 14.9 Å². The van der Waals surface area contributed by atoms with E-state index in [1.54, 1.807) is 4.90 Å². The Labute approximate surface area is 147 Å². The van der Waals surface area contributed by atoms with Crippen LogP contribution in [-0.4, -0.2) is 43.7 Å². The number of nitro benzene ring substituents is 1. The number of ether oxygens (including phenoxy) is 1. The quantitative estimate of drug-likeness (QED) is 0.260. The van der Waals surface area contributed by atoms with Gasteiger partial charge in [0, 0.05) is 18.0 Å². The van der Waals surface area contributed by atoms with E-state index in [9.17, 15) is 19.7 Å². The molecule has 2 aliphatic rings. The molecule has 9 heteroatoms. The molecule has 1 amide bonds. The smallest absolute Gasteiger partial charge is 0.330 e. The molecule has 24 heavy (non-hydrogen) atoms. The van der Waals surface area contributed by atoms with Crippen molar-refractivity contribution >= 4 is 40.9 Å². The minimum absolute atomic E-state index is 0.0109. The summed E-state index contributed by atoms with van der Waals surface area (Å²) in [5.74, 6) is -0.340. The minimum atomic E-state index is -0.704. The highest BCUT2D eigenvalue weighted by atomic mass is 35.5. The lowest BCUT2D eigenvalue weighted by molar-refractivity contribution is -0.384. The lowest BCUT2D eigenvalue weighted by Gasteiger charge is -2.37. The molecule has 0 N–H and O–H groups in total. The van der Waals surface area contributed by atoms with E-state index in [2.05, 4.69) is 0 Å². The number of carbonyl (C=O) groups excluding carboxylic acids is 2. The molecule has 0 bridgehead atoms. The van der Waals surface area contributed by atoms with Gasteiger partial charge in [-0.1, -0.05) is 0 Å². The lowest BCUT2D eigenvalue weighted by atomic mass is 9.98. The number of non-ortho nitro benzene ring substituents is 1. The third-order valence-electron chi connectivity index (χ3n) is 4.23. The summed E-state index contributed by atoms with van der Waals surface area (Å²) in [6, 6.07) is 5.07. The van der Waals surface area contributed by atoms with Crippen molar-refractivity contribution in [2.45, 2.75) is 36.1 Å². The molecule has 0 saturated carbocycles. The van der Waals surface area contributed by atoms with Gasteiger partial charge in [-0.05, 0) is 24.6 Å². The maximum Gasteiger partial charge on any atom is 0.330 e. The summed E-state index contributed by atoms with van der Waals surface area (Å²) < 4.78 is 4.76. The number of benzene rings is 1. The van der Waals surface area contributed by atoms with Crippen LogP contribution in [0, 0.1) is 10.1 Å². The number of hydrogen-bond acceptors (Lipinski definition) is 6. The summed E-state index contributed by atoms with van der Waals surface area (Å²) in [4.78, 5) is 36.0. The molecule has 2 aliphatic heterocycles. The molecular weight excluding hydrogens is 356 g/mol. The SMILES string of the molecule is C[C@]1(CCl)S[C@H]2CC(=O)N2[C@H]1C(=O)OCc1ccc([N+](=O)[O-])cc1. The Kier molecular flexibility index (Phi) is 4.44. The van der Waals surface area contributed by atoms with Gasteiger partial charge in [0.05, 0.1) is 21.5 Å². The van der Waals surface area contributed by atoms with Crippen LogP contribution in [0.3, 0.4) is 0 Å². The average Bonchev–Trinajstić information content (AvgIpc) is 2.81. The first kappa shape index (κ1) is 17.0. The fraction of sp³-hybridized carbons (Fsp3) is 0.467. The van der Waals surface area contributed by atoms with Gasteiger partial charge in [-0.15, -0.1) is 23.4 Å². The third kappa shape index (κ3) is 2.84. The van der Waals surface area contributed by atoms with Crippen molar-refractivity contribution in [1.29, 1.82) is 0 Å². The average molecular weight is 371 g/mol. The first-order chi connectivity index (χ1) is 11.4. The van der Waals surface area contributed by atoms with Gasteiger partial charge in [0.1, 0.15) is 12.6 Å². The van der Waals surface area contributed by atoms with Crippen molar-refractivity contribution in [3.05, 3.63) is 39.9 Å². The summed E-state index contributed by atoms with van der Waals surface area (Å²) in [6.45, 7) is 1.84. The lowest BCUT2D eigenvalue weighted by Crippen LogP contribution is -2.58. The van der Waals surface area contributed by atoms with Crippen molar-refractivity contribution in [3.63, 3.8) is 0 Å². The molecule has 0 unspecified atom stereocenters. The maximum absolute atomic E-state index is 12.5. The Morgan fingerprint density at radius 3 is 2.71 bits per heavy atom. The molecule has 2 heterocycles. The molecule has 0 aliphatic carbocycles. The molecule has 1 aromatic carbocycles. The summed E-state index contributed by atoms with van der Waals surface area (Å²) in [7, 11) is 0. The molecule has 0 spiro atoms. The van der Waals surface area contributed by atoms with E-state index in [1.807, 2.05) is 6.92 Å². The van der Waals surface area contributed by atoms with Crippen LogP contribution in [0.25, 0.3) is 0 Å². The van der Waals surface area contributed by atoms with Crippen LogP contribution in [-0.2, 0) is 20.9 Å². The highest BCUT2D eigenvalue weighted by molar-refractivity contribution is 8.01. The molecule has 1 aromatic rings. The van der Waals surface area contributed by atoms with Gasteiger partial charge in [-0.2, -0.15) is 0 Å². The Morgan fingerprint density at radius 1 is 1.50 bits per heavy atom. The normalized spacial score (nSPS) is 28.2. The van der Waals surface area contributed by atoms with Crippen molar-refractivity contribution in [1.82, 2.24) is 4.90 Å². The summed E-state index contributed by atoms with van der Waals surface area (Å²) >= 11 is 7.55. The number of hydrogen-bond donors (Lipinski definition) is 0. The van der Waals surface area contributed by atoms with Gasteiger partial charge < -0.3 is 9.64 Å². The molecule has 3 atom stereocenters. The highest BCUT2D eigenvalue weighted by Gasteiger charge is 2.60. The number of rotatable bonds is 5. The fourth-order valence-corrected chi connectivity index (χ4v) is 4.83. The third-order valence-corrected chi connectivity index (χ3v) is 6.51. The predicted molar refractivity (Wildman–Crippen MR) is 88.6 cm³/mol. The minimum Gasteiger partial charge on any atom is -0.459 e. The van der Waals surface area contributed by atoms with E-state index < -0.39 is 21.7 Å². The second-order valence-corrected chi connectivity index (χ2v) is 7.94. The highest BCUT2D eigenvalue weighted by Crippen LogP contribution is 2.51. The molecule has 0 aromatic heterocycles. The maximum atomic E-state index is 12.5. The van der Waals surface area contributed by atoms with Crippen LogP contribution in [0.4, 0.5) is 5.69 Å². The van der Waals surface area contributed by atoms with Crippen LogP contribution < -0.4 is 0 Å². The largest absolute Gasteiger partial charge is 0.459 e. The molecule has 2 saturated heterocycles. The Hall–Kier alpha value is -1.80. The van der Waals surface area contributed by atoms with Crippen molar-refractivity contribution in [3.8, 4) is 0 Å². The number of nitrogens with zero attached hydrogens (tertiary/aromatic N) is 2. The first-order valence-electron chi connectivity index (χ1n) is 7.30. The zero-order chi connectivity index (χ0) is 17.5. The zero-order valence-corrected chi connectivity index (χ0v) is 14.4. The molecule has 128 valence electrons.